The molecule has 1 heterocycles. The summed E-state index contributed by atoms with van der Waals surface area (Å²) in [5, 5.41) is 7.43. The maximum atomic E-state index is 12.2. The highest BCUT2D eigenvalue weighted by Gasteiger charge is 2.17. The lowest BCUT2D eigenvalue weighted by molar-refractivity contribution is -0.121. The molecule has 0 radical (unpaired) electrons. The molecule has 7 nitrogen and oxygen atoms in total. The van der Waals surface area contributed by atoms with Crippen molar-refractivity contribution in [3.05, 3.63) is 47.3 Å². The van der Waals surface area contributed by atoms with E-state index in [9.17, 15) is 18.0 Å². The molecular weight excluding hydrogens is 410 g/mol. The summed E-state index contributed by atoms with van der Waals surface area (Å²) in [6.45, 7) is 0.254. The largest absolute Gasteiger partial charge is 0.353 e. The van der Waals surface area contributed by atoms with Crippen LogP contribution in [-0.2, 0) is 14.8 Å². The molecule has 1 aromatic heterocycles. The first-order valence-electron chi connectivity index (χ1n) is 9.68. The van der Waals surface area contributed by atoms with Crippen LogP contribution in [0.2, 0.25) is 0 Å². The highest BCUT2D eigenvalue weighted by Crippen LogP contribution is 2.20. The second kappa shape index (κ2) is 9.89. The molecule has 0 unspecified atom stereocenters. The van der Waals surface area contributed by atoms with Gasteiger partial charge in [0, 0.05) is 30.3 Å². The molecule has 3 N–H and O–H groups in total. The summed E-state index contributed by atoms with van der Waals surface area (Å²) in [5.41, 5.74) is 0.776. The zero-order valence-corrected chi connectivity index (χ0v) is 17.7. The lowest BCUT2D eigenvalue weighted by Gasteiger charge is -2.22. The molecule has 0 aliphatic heterocycles. The molecule has 2 aromatic rings. The molecule has 156 valence electrons. The molecule has 1 fully saturated rings. The fraction of sp³-hybridized carbons (Fsp3) is 0.400. The van der Waals surface area contributed by atoms with Crippen LogP contribution in [-0.4, -0.2) is 32.8 Å². The van der Waals surface area contributed by atoms with Crippen molar-refractivity contribution < 1.29 is 18.0 Å². The molecule has 1 aliphatic carbocycles. The summed E-state index contributed by atoms with van der Waals surface area (Å²) in [7, 11) is -3.62. The number of hydrogen-bond acceptors (Lipinski definition) is 5. The summed E-state index contributed by atoms with van der Waals surface area (Å²) < 4.78 is 27.1. The van der Waals surface area contributed by atoms with Gasteiger partial charge in [0.25, 0.3) is 15.9 Å². The third-order valence-electron chi connectivity index (χ3n) is 4.77. The Morgan fingerprint density at radius 3 is 2.41 bits per heavy atom. The maximum Gasteiger partial charge on any atom is 0.271 e. The summed E-state index contributed by atoms with van der Waals surface area (Å²) >= 11 is 1.13. The third kappa shape index (κ3) is 6.30. The van der Waals surface area contributed by atoms with Crippen molar-refractivity contribution in [3.8, 4) is 0 Å². The summed E-state index contributed by atoms with van der Waals surface area (Å²) in [6.07, 6.45) is 5.83. The predicted molar refractivity (Wildman–Crippen MR) is 114 cm³/mol. The standard InChI is InChI=1S/C20H25N3O4S2/c24-18(22-16-5-2-1-3-6-16)12-13-21-20(25)15-8-10-17(11-9-15)23-29(26,27)19-7-4-14-28-19/h4,7-11,14,16,23H,1-3,5-6,12-13H2,(H,21,25)(H,22,24). The van der Waals surface area contributed by atoms with E-state index < -0.39 is 10.0 Å². The Morgan fingerprint density at radius 1 is 1.03 bits per heavy atom. The van der Waals surface area contributed by atoms with E-state index in [4.69, 9.17) is 0 Å². The van der Waals surface area contributed by atoms with Gasteiger partial charge in [-0.05, 0) is 48.6 Å². The summed E-state index contributed by atoms with van der Waals surface area (Å²) in [4.78, 5) is 24.2. The van der Waals surface area contributed by atoms with Crippen LogP contribution >= 0.6 is 11.3 Å². The Balaban J connectivity index is 1.44. The normalized spacial score (nSPS) is 14.9. The zero-order valence-electron chi connectivity index (χ0n) is 16.0. The average Bonchev–Trinajstić information content (AvgIpc) is 3.25. The molecule has 3 rings (SSSR count). The number of sulfonamides is 1. The zero-order chi connectivity index (χ0) is 20.7. The van der Waals surface area contributed by atoms with E-state index >= 15 is 0 Å². The van der Waals surface area contributed by atoms with E-state index in [2.05, 4.69) is 15.4 Å². The molecule has 1 aliphatic rings. The van der Waals surface area contributed by atoms with Gasteiger partial charge in [-0.15, -0.1) is 11.3 Å². The van der Waals surface area contributed by atoms with E-state index in [1.165, 1.54) is 24.6 Å². The van der Waals surface area contributed by atoms with Crippen molar-refractivity contribution in [2.75, 3.05) is 11.3 Å². The van der Waals surface area contributed by atoms with E-state index in [1.54, 1.807) is 23.6 Å². The molecule has 1 aromatic carbocycles. The van der Waals surface area contributed by atoms with Gasteiger partial charge in [-0.3, -0.25) is 14.3 Å². The number of anilines is 1. The second-order valence-electron chi connectivity index (χ2n) is 7.02. The van der Waals surface area contributed by atoms with Crippen molar-refractivity contribution in [2.24, 2.45) is 0 Å². The number of nitrogens with one attached hydrogen (secondary N) is 3. The number of hydrogen-bond donors (Lipinski definition) is 3. The lowest BCUT2D eigenvalue weighted by atomic mass is 9.95. The van der Waals surface area contributed by atoms with Crippen LogP contribution in [0.25, 0.3) is 0 Å². The van der Waals surface area contributed by atoms with Gasteiger partial charge in [0.2, 0.25) is 5.91 Å². The minimum Gasteiger partial charge on any atom is -0.353 e. The monoisotopic (exact) mass is 435 g/mol. The topological polar surface area (TPSA) is 104 Å². The van der Waals surface area contributed by atoms with Crippen LogP contribution < -0.4 is 15.4 Å². The molecule has 0 bridgehead atoms. The number of benzene rings is 1. The molecular formula is C20H25N3O4S2. The highest BCUT2D eigenvalue weighted by atomic mass is 32.2. The van der Waals surface area contributed by atoms with Crippen molar-refractivity contribution in [1.29, 1.82) is 0 Å². The van der Waals surface area contributed by atoms with Gasteiger partial charge in [-0.25, -0.2) is 8.42 Å². The predicted octanol–water partition coefficient (Wildman–Crippen LogP) is 3.12. The van der Waals surface area contributed by atoms with Crippen molar-refractivity contribution in [1.82, 2.24) is 10.6 Å². The van der Waals surface area contributed by atoms with Gasteiger partial charge in [0.1, 0.15) is 4.21 Å². The third-order valence-corrected chi connectivity index (χ3v) is 7.55. The Kier molecular flexibility index (Phi) is 7.27. The minimum absolute atomic E-state index is 0.0458. The molecule has 9 heteroatoms. The highest BCUT2D eigenvalue weighted by molar-refractivity contribution is 7.94. The minimum atomic E-state index is -3.62. The van der Waals surface area contributed by atoms with Crippen molar-refractivity contribution >= 4 is 38.9 Å². The molecule has 29 heavy (non-hydrogen) atoms. The van der Waals surface area contributed by atoms with E-state index in [0.717, 1.165) is 37.0 Å². The molecule has 1 saturated carbocycles. The summed E-state index contributed by atoms with van der Waals surface area (Å²) in [5.74, 6) is -0.348. The molecule has 0 atom stereocenters. The first-order valence-corrected chi connectivity index (χ1v) is 12.0. The lowest BCUT2D eigenvalue weighted by Crippen LogP contribution is -2.38. The maximum absolute atomic E-state index is 12.2. The van der Waals surface area contributed by atoms with Gasteiger partial charge >= 0.3 is 0 Å². The van der Waals surface area contributed by atoms with Crippen LogP contribution in [0.4, 0.5) is 5.69 Å². The van der Waals surface area contributed by atoms with E-state index in [1.807, 2.05) is 0 Å². The number of carbonyl (C=O) groups is 2. The number of amides is 2. The molecule has 0 saturated heterocycles. The first-order chi connectivity index (χ1) is 13.9. The number of thiophene rings is 1. The van der Waals surface area contributed by atoms with Gasteiger partial charge in [-0.2, -0.15) is 0 Å². The summed E-state index contributed by atoms with van der Waals surface area (Å²) in [6, 6.07) is 9.62. The van der Waals surface area contributed by atoms with Gasteiger partial charge in [0.05, 0.1) is 0 Å². The van der Waals surface area contributed by atoms with Crippen LogP contribution in [0.15, 0.2) is 46.0 Å². The van der Waals surface area contributed by atoms with Gasteiger partial charge < -0.3 is 10.6 Å². The molecule has 2 amide bonds. The van der Waals surface area contributed by atoms with Crippen LogP contribution in [0.1, 0.15) is 48.9 Å². The quantitative estimate of drug-likeness (QED) is 0.592. The fourth-order valence-electron chi connectivity index (χ4n) is 3.25. The van der Waals surface area contributed by atoms with Crippen molar-refractivity contribution in [3.63, 3.8) is 0 Å². The van der Waals surface area contributed by atoms with Crippen LogP contribution in [0.5, 0.6) is 0 Å². The SMILES string of the molecule is O=C(CCNC(=O)c1ccc(NS(=O)(=O)c2cccs2)cc1)NC1CCCCC1. The second-order valence-corrected chi connectivity index (χ2v) is 9.88. The van der Waals surface area contributed by atoms with Crippen LogP contribution in [0.3, 0.4) is 0 Å². The Bertz CT molecular complexity index is 919. The Hall–Kier alpha value is -2.39. The average molecular weight is 436 g/mol. The Morgan fingerprint density at radius 2 is 1.76 bits per heavy atom. The number of carbonyl (C=O) groups excluding carboxylic acids is 2. The molecule has 0 spiro atoms. The van der Waals surface area contributed by atoms with Crippen molar-refractivity contribution in [2.45, 2.75) is 48.8 Å². The first kappa shape index (κ1) is 21.3. The van der Waals surface area contributed by atoms with Gasteiger partial charge in [0.15, 0.2) is 0 Å². The smallest absolute Gasteiger partial charge is 0.271 e. The van der Waals surface area contributed by atoms with E-state index in [-0.39, 0.29) is 35.0 Å². The number of rotatable bonds is 8. The van der Waals surface area contributed by atoms with E-state index in [0.29, 0.717) is 11.3 Å². The van der Waals surface area contributed by atoms with Gasteiger partial charge in [-0.1, -0.05) is 25.3 Å². The van der Waals surface area contributed by atoms with Crippen LogP contribution in [0, 0.1) is 0 Å². The Labute approximate surface area is 175 Å². The fourth-order valence-corrected chi connectivity index (χ4v) is 5.30.